The van der Waals surface area contributed by atoms with Gasteiger partial charge in [0.1, 0.15) is 5.69 Å². The van der Waals surface area contributed by atoms with Crippen LogP contribution in [0.2, 0.25) is 0 Å². The maximum atomic E-state index is 12.3. The highest BCUT2D eigenvalue weighted by Crippen LogP contribution is 2.16. The molecule has 6 heteroatoms. The van der Waals surface area contributed by atoms with Crippen LogP contribution in [0.1, 0.15) is 24.3 Å². The number of carbonyl (C=O) groups is 1. The van der Waals surface area contributed by atoms with Gasteiger partial charge in [0.15, 0.2) is 0 Å². The van der Waals surface area contributed by atoms with Crippen molar-refractivity contribution < 1.29 is 4.79 Å². The van der Waals surface area contributed by atoms with E-state index in [2.05, 4.69) is 20.9 Å². The maximum absolute atomic E-state index is 12.3. The van der Waals surface area contributed by atoms with Crippen LogP contribution in [0, 0.1) is 0 Å². The molecule has 0 radical (unpaired) electrons. The number of hydrogen-bond acceptors (Lipinski definition) is 3. The van der Waals surface area contributed by atoms with Gasteiger partial charge in [-0.2, -0.15) is 0 Å². The average Bonchev–Trinajstić information content (AvgIpc) is 2.25. The van der Waals surface area contributed by atoms with Gasteiger partial charge in [-0.25, -0.2) is 4.98 Å². The molecule has 0 aliphatic heterocycles. The quantitative estimate of drug-likeness (QED) is 0.863. The zero-order valence-electron chi connectivity index (χ0n) is 9.68. The smallest absolute Gasteiger partial charge is 0.274 e. The lowest BCUT2D eigenvalue weighted by atomic mass is 10.2. The largest absolute Gasteiger partial charge is 0.392 e. The van der Waals surface area contributed by atoms with Crippen molar-refractivity contribution >= 4 is 39.0 Å². The topological polar surface area (TPSA) is 59.2 Å². The number of pyridine rings is 1. The first-order chi connectivity index (χ1) is 7.93. The molecule has 0 saturated heterocycles. The standard InChI is InChI=1S/C11H14BrN3OS/c1-7(2)15(6-9(13)17)11(16)10-8(12)4-3-5-14-10/h3-5,7H,6H2,1-2H3,(H2,13,17). The Hall–Kier alpha value is -1.01. The molecule has 0 aromatic carbocycles. The molecule has 0 aliphatic rings. The van der Waals surface area contributed by atoms with E-state index < -0.39 is 0 Å². The van der Waals surface area contributed by atoms with Crippen LogP contribution in [0.15, 0.2) is 22.8 Å². The van der Waals surface area contributed by atoms with Gasteiger partial charge in [-0.1, -0.05) is 12.2 Å². The summed E-state index contributed by atoms with van der Waals surface area (Å²) in [6.07, 6.45) is 1.58. The number of rotatable bonds is 4. The van der Waals surface area contributed by atoms with Crippen molar-refractivity contribution in [2.45, 2.75) is 19.9 Å². The van der Waals surface area contributed by atoms with Crippen molar-refractivity contribution in [3.63, 3.8) is 0 Å². The SMILES string of the molecule is CC(C)N(CC(N)=S)C(=O)c1ncccc1Br. The summed E-state index contributed by atoms with van der Waals surface area (Å²) in [4.78, 5) is 18.2. The Morgan fingerprint density at radius 1 is 1.65 bits per heavy atom. The fourth-order valence-electron chi connectivity index (χ4n) is 1.34. The van der Waals surface area contributed by atoms with E-state index >= 15 is 0 Å². The van der Waals surface area contributed by atoms with Crippen LogP contribution in [0.25, 0.3) is 0 Å². The molecule has 0 fully saturated rings. The molecule has 1 aromatic rings. The molecule has 4 nitrogen and oxygen atoms in total. The zero-order valence-corrected chi connectivity index (χ0v) is 12.1. The summed E-state index contributed by atoms with van der Waals surface area (Å²) < 4.78 is 0.665. The Kier molecular flexibility index (Phi) is 5.02. The molecular formula is C11H14BrN3OS. The molecule has 0 unspecified atom stereocenters. The van der Waals surface area contributed by atoms with Gasteiger partial charge in [-0.05, 0) is 41.9 Å². The summed E-state index contributed by atoms with van der Waals surface area (Å²) in [5.74, 6) is -0.180. The van der Waals surface area contributed by atoms with Crippen LogP contribution in [-0.4, -0.2) is 33.4 Å². The van der Waals surface area contributed by atoms with Gasteiger partial charge in [0.25, 0.3) is 5.91 Å². The number of amides is 1. The predicted octanol–water partition coefficient (Wildman–Crippen LogP) is 1.98. The van der Waals surface area contributed by atoms with Gasteiger partial charge in [0, 0.05) is 16.7 Å². The molecule has 92 valence electrons. The van der Waals surface area contributed by atoms with Gasteiger partial charge in [0.2, 0.25) is 0 Å². The molecule has 1 aromatic heterocycles. The van der Waals surface area contributed by atoms with Crippen molar-refractivity contribution in [3.8, 4) is 0 Å². The molecule has 0 spiro atoms. The van der Waals surface area contributed by atoms with Gasteiger partial charge < -0.3 is 10.6 Å². The average molecular weight is 316 g/mol. The van der Waals surface area contributed by atoms with Crippen molar-refractivity contribution in [1.82, 2.24) is 9.88 Å². The molecule has 0 aliphatic carbocycles. The third-order valence-electron chi connectivity index (χ3n) is 2.17. The van der Waals surface area contributed by atoms with Crippen molar-refractivity contribution in [2.75, 3.05) is 6.54 Å². The molecule has 1 heterocycles. The van der Waals surface area contributed by atoms with Gasteiger partial charge in [-0.15, -0.1) is 0 Å². The van der Waals surface area contributed by atoms with Gasteiger partial charge in [-0.3, -0.25) is 4.79 Å². The highest BCUT2D eigenvalue weighted by atomic mass is 79.9. The van der Waals surface area contributed by atoms with Gasteiger partial charge >= 0.3 is 0 Å². The summed E-state index contributed by atoms with van der Waals surface area (Å²) in [7, 11) is 0. The first-order valence-corrected chi connectivity index (χ1v) is 6.33. The summed E-state index contributed by atoms with van der Waals surface area (Å²) in [5.41, 5.74) is 5.86. The number of halogens is 1. The Bertz CT molecular complexity index is 436. The third kappa shape index (κ3) is 3.74. The van der Waals surface area contributed by atoms with E-state index in [1.807, 2.05) is 13.8 Å². The summed E-state index contributed by atoms with van der Waals surface area (Å²) >= 11 is 8.15. The van der Waals surface area contributed by atoms with E-state index in [4.69, 9.17) is 18.0 Å². The van der Waals surface area contributed by atoms with Crippen molar-refractivity contribution in [1.29, 1.82) is 0 Å². The third-order valence-corrected chi connectivity index (χ3v) is 2.94. The van der Waals surface area contributed by atoms with Gasteiger partial charge in [0.05, 0.1) is 11.5 Å². The number of nitrogens with zero attached hydrogens (tertiary/aromatic N) is 2. The first-order valence-electron chi connectivity index (χ1n) is 5.13. The number of thiocarbonyl (C=S) groups is 1. The Balaban J connectivity index is 3.00. The highest BCUT2D eigenvalue weighted by Gasteiger charge is 2.22. The Morgan fingerprint density at radius 2 is 2.29 bits per heavy atom. The second-order valence-corrected chi connectivity index (χ2v) is 5.21. The van der Waals surface area contributed by atoms with Crippen LogP contribution in [0.5, 0.6) is 0 Å². The molecular weight excluding hydrogens is 302 g/mol. The fourth-order valence-corrected chi connectivity index (χ4v) is 1.90. The van der Waals surface area contributed by atoms with Crippen LogP contribution in [-0.2, 0) is 0 Å². The Morgan fingerprint density at radius 3 is 2.76 bits per heavy atom. The monoisotopic (exact) mass is 315 g/mol. The minimum atomic E-state index is -0.180. The number of carbonyl (C=O) groups excluding carboxylic acids is 1. The molecule has 1 amide bonds. The second kappa shape index (κ2) is 6.07. The molecule has 17 heavy (non-hydrogen) atoms. The molecule has 2 N–H and O–H groups in total. The second-order valence-electron chi connectivity index (χ2n) is 3.83. The lowest BCUT2D eigenvalue weighted by Gasteiger charge is -2.26. The fraction of sp³-hybridized carbons (Fsp3) is 0.364. The van der Waals surface area contributed by atoms with E-state index in [1.165, 1.54) is 0 Å². The predicted molar refractivity (Wildman–Crippen MR) is 74.9 cm³/mol. The number of nitrogens with two attached hydrogens (primary N) is 1. The first kappa shape index (κ1) is 14.1. The van der Waals surface area contributed by atoms with Crippen LogP contribution in [0.4, 0.5) is 0 Å². The van der Waals surface area contributed by atoms with Crippen molar-refractivity contribution in [2.24, 2.45) is 5.73 Å². The van der Waals surface area contributed by atoms with Crippen LogP contribution in [0.3, 0.4) is 0 Å². The summed E-state index contributed by atoms with van der Waals surface area (Å²) in [5, 5.41) is 0. The normalized spacial score (nSPS) is 10.4. The summed E-state index contributed by atoms with van der Waals surface area (Å²) in [6.45, 7) is 4.08. The van der Waals surface area contributed by atoms with Crippen molar-refractivity contribution in [3.05, 3.63) is 28.5 Å². The van der Waals surface area contributed by atoms with E-state index in [1.54, 1.807) is 23.2 Å². The highest BCUT2D eigenvalue weighted by molar-refractivity contribution is 9.10. The molecule has 0 saturated carbocycles. The lowest BCUT2D eigenvalue weighted by molar-refractivity contribution is 0.0729. The maximum Gasteiger partial charge on any atom is 0.274 e. The van der Waals surface area contributed by atoms with Crippen LogP contribution >= 0.6 is 28.1 Å². The molecule has 0 atom stereocenters. The lowest BCUT2D eigenvalue weighted by Crippen LogP contribution is -2.42. The van der Waals surface area contributed by atoms with E-state index in [-0.39, 0.29) is 18.5 Å². The number of aromatic nitrogens is 1. The van der Waals surface area contributed by atoms with E-state index in [9.17, 15) is 4.79 Å². The molecule has 0 bridgehead atoms. The zero-order chi connectivity index (χ0) is 13.0. The number of hydrogen-bond donors (Lipinski definition) is 1. The molecule has 1 rings (SSSR count). The summed E-state index contributed by atoms with van der Waals surface area (Å²) in [6, 6.07) is 3.55. The Labute approximate surface area is 114 Å². The minimum Gasteiger partial charge on any atom is -0.392 e. The minimum absolute atomic E-state index is 0.0120. The van der Waals surface area contributed by atoms with E-state index in [0.29, 0.717) is 15.2 Å². The van der Waals surface area contributed by atoms with E-state index in [0.717, 1.165) is 0 Å². The van der Waals surface area contributed by atoms with Crippen LogP contribution < -0.4 is 5.73 Å².